The van der Waals surface area contributed by atoms with Crippen LogP contribution >= 0.6 is 11.6 Å². The molecule has 132 valence electrons. The molecule has 2 rings (SSSR count). The van der Waals surface area contributed by atoms with Crippen LogP contribution in [0, 0.1) is 17.7 Å². The largest absolute Gasteiger partial charge is 0.291 e. The number of hydrogen-bond donors (Lipinski definition) is 1. The highest BCUT2D eigenvalue weighted by molar-refractivity contribution is 7.89. The molecule has 0 saturated carbocycles. The predicted octanol–water partition coefficient (Wildman–Crippen LogP) is 2.89. The van der Waals surface area contributed by atoms with E-state index >= 15 is 0 Å². The zero-order valence-corrected chi connectivity index (χ0v) is 15.2. The maximum absolute atomic E-state index is 13.1. The second-order valence-electron chi connectivity index (χ2n) is 5.41. The van der Waals surface area contributed by atoms with Gasteiger partial charge in [0.25, 0.3) is 0 Å². The number of nitrogens with one attached hydrogen (secondary N) is 1. The number of rotatable bonds is 6. The standard InChI is InChI=1S/C18H18ClFN2O2S/c1-22(14-15-7-3-2-4-8-15)12-6-5-11-21-25(23,24)16-9-10-18(20)17(19)13-16/h2-4,7-10,13,21H,11-12,14H2,1H3. The van der Waals surface area contributed by atoms with Gasteiger partial charge in [-0.2, -0.15) is 4.72 Å². The minimum atomic E-state index is -3.77. The molecule has 0 fully saturated rings. The molecule has 25 heavy (non-hydrogen) atoms. The first-order valence-electron chi connectivity index (χ1n) is 7.51. The van der Waals surface area contributed by atoms with Crippen molar-refractivity contribution in [2.45, 2.75) is 11.4 Å². The van der Waals surface area contributed by atoms with Crippen LogP contribution in [-0.2, 0) is 16.6 Å². The van der Waals surface area contributed by atoms with E-state index in [4.69, 9.17) is 11.6 Å². The van der Waals surface area contributed by atoms with Crippen LogP contribution in [0.25, 0.3) is 0 Å². The summed E-state index contributed by atoms with van der Waals surface area (Å²) in [5.41, 5.74) is 1.18. The van der Waals surface area contributed by atoms with Gasteiger partial charge in [0.15, 0.2) is 0 Å². The molecular formula is C18H18ClFN2O2S. The normalized spacial score (nSPS) is 11.2. The summed E-state index contributed by atoms with van der Waals surface area (Å²) in [6.07, 6.45) is 0. The Hall–Kier alpha value is -1.91. The second kappa shape index (κ2) is 8.97. The molecule has 0 amide bonds. The van der Waals surface area contributed by atoms with Crippen molar-refractivity contribution in [2.75, 3.05) is 20.1 Å². The topological polar surface area (TPSA) is 49.4 Å². The van der Waals surface area contributed by atoms with Crippen LogP contribution in [0.15, 0.2) is 53.4 Å². The van der Waals surface area contributed by atoms with Gasteiger partial charge >= 0.3 is 0 Å². The van der Waals surface area contributed by atoms with Gasteiger partial charge in [-0.15, -0.1) is 0 Å². The maximum atomic E-state index is 13.1. The van der Waals surface area contributed by atoms with Gasteiger partial charge in [-0.05, 0) is 30.8 Å². The van der Waals surface area contributed by atoms with Gasteiger partial charge < -0.3 is 0 Å². The summed E-state index contributed by atoms with van der Waals surface area (Å²) in [4.78, 5) is 1.93. The quantitative estimate of drug-likeness (QED) is 0.784. The lowest BCUT2D eigenvalue weighted by molar-refractivity contribution is 0.369. The van der Waals surface area contributed by atoms with Crippen molar-refractivity contribution in [2.24, 2.45) is 0 Å². The highest BCUT2D eigenvalue weighted by Crippen LogP contribution is 2.19. The molecule has 0 spiro atoms. The molecule has 0 saturated heterocycles. The van der Waals surface area contributed by atoms with Crippen molar-refractivity contribution < 1.29 is 12.8 Å². The molecule has 0 unspecified atom stereocenters. The summed E-state index contributed by atoms with van der Waals surface area (Å²) >= 11 is 5.60. The molecule has 2 aromatic carbocycles. The summed E-state index contributed by atoms with van der Waals surface area (Å²) in [7, 11) is -1.83. The average molecular weight is 381 g/mol. The molecule has 2 aromatic rings. The van der Waals surface area contributed by atoms with Crippen molar-refractivity contribution in [1.29, 1.82) is 0 Å². The van der Waals surface area contributed by atoms with E-state index in [1.165, 1.54) is 5.56 Å². The van der Waals surface area contributed by atoms with Crippen LogP contribution in [0.5, 0.6) is 0 Å². The van der Waals surface area contributed by atoms with Crippen LogP contribution in [0.4, 0.5) is 4.39 Å². The molecule has 0 radical (unpaired) electrons. The fourth-order valence-electron chi connectivity index (χ4n) is 2.06. The van der Waals surface area contributed by atoms with E-state index in [2.05, 4.69) is 16.6 Å². The first-order chi connectivity index (χ1) is 11.9. The zero-order chi connectivity index (χ0) is 18.3. The Morgan fingerprint density at radius 1 is 1.16 bits per heavy atom. The van der Waals surface area contributed by atoms with E-state index in [-0.39, 0.29) is 16.5 Å². The van der Waals surface area contributed by atoms with Crippen LogP contribution in [-0.4, -0.2) is 33.5 Å². The Balaban J connectivity index is 1.84. The minimum absolute atomic E-state index is 0.0312. The molecule has 1 N–H and O–H groups in total. The van der Waals surface area contributed by atoms with Gasteiger partial charge in [-0.3, -0.25) is 4.90 Å². The lowest BCUT2D eigenvalue weighted by atomic mass is 10.2. The summed E-state index contributed by atoms with van der Waals surface area (Å²) in [6, 6.07) is 13.2. The Morgan fingerprint density at radius 2 is 1.88 bits per heavy atom. The van der Waals surface area contributed by atoms with E-state index in [0.717, 1.165) is 24.7 Å². The van der Waals surface area contributed by atoms with Gasteiger partial charge in [0.2, 0.25) is 10.0 Å². The maximum Gasteiger partial charge on any atom is 0.241 e. The number of nitrogens with zero attached hydrogens (tertiary/aromatic N) is 1. The highest BCUT2D eigenvalue weighted by atomic mass is 35.5. The smallest absolute Gasteiger partial charge is 0.241 e. The number of halogens is 2. The van der Waals surface area contributed by atoms with E-state index in [1.54, 1.807) is 0 Å². The molecule has 7 heteroatoms. The van der Waals surface area contributed by atoms with E-state index in [0.29, 0.717) is 6.54 Å². The summed E-state index contributed by atoms with van der Waals surface area (Å²) in [5, 5.41) is -0.239. The van der Waals surface area contributed by atoms with Crippen LogP contribution in [0.2, 0.25) is 5.02 Å². The molecule has 0 atom stereocenters. The molecule has 0 aliphatic rings. The van der Waals surface area contributed by atoms with Gasteiger partial charge in [0.1, 0.15) is 5.82 Å². The van der Waals surface area contributed by atoms with E-state index in [9.17, 15) is 12.8 Å². The Labute approximate surface area is 152 Å². The first-order valence-corrected chi connectivity index (χ1v) is 9.37. The van der Waals surface area contributed by atoms with Crippen molar-refractivity contribution in [1.82, 2.24) is 9.62 Å². The van der Waals surface area contributed by atoms with Crippen molar-refractivity contribution in [3.05, 3.63) is 64.9 Å². The molecule has 0 aliphatic heterocycles. The molecular weight excluding hydrogens is 363 g/mol. The molecule has 0 bridgehead atoms. The zero-order valence-electron chi connectivity index (χ0n) is 13.7. The monoisotopic (exact) mass is 380 g/mol. The Kier molecular flexibility index (Phi) is 6.97. The van der Waals surface area contributed by atoms with Crippen LogP contribution in [0.3, 0.4) is 0 Å². The summed E-state index contributed by atoms with van der Waals surface area (Å²) in [6.45, 7) is 1.24. The van der Waals surface area contributed by atoms with Crippen LogP contribution in [0.1, 0.15) is 5.56 Å². The first kappa shape index (κ1) is 19.4. The van der Waals surface area contributed by atoms with Gasteiger partial charge in [0.05, 0.1) is 23.0 Å². The van der Waals surface area contributed by atoms with E-state index < -0.39 is 15.8 Å². The van der Waals surface area contributed by atoms with Gasteiger partial charge in [-0.25, -0.2) is 12.8 Å². The van der Waals surface area contributed by atoms with Crippen LogP contribution < -0.4 is 4.72 Å². The highest BCUT2D eigenvalue weighted by Gasteiger charge is 2.14. The summed E-state index contributed by atoms with van der Waals surface area (Å²) in [5.74, 6) is 5.01. The SMILES string of the molecule is CN(CC#CCNS(=O)(=O)c1ccc(F)c(Cl)c1)Cc1ccccc1. The second-order valence-corrected chi connectivity index (χ2v) is 7.59. The van der Waals surface area contributed by atoms with Crippen molar-refractivity contribution in [3.8, 4) is 11.8 Å². The molecule has 0 aliphatic carbocycles. The molecule has 0 heterocycles. The third kappa shape index (κ3) is 6.15. The third-order valence-corrected chi connectivity index (χ3v) is 5.01. The lowest BCUT2D eigenvalue weighted by Gasteiger charge is -2.12. The van der Waals surface area contributed by atoms with Crippen molar-refractivity contribution in [3.63, 3.8) is 0 Å². The molecule has 4 nitrogen and oxygen atoms in total. The number of benzene rings is 2. The van der Waals surface area contributed by atoms with Gasteiger partial charge in [-0.1, -0.05) is 53.8 Å². The Morgan fingerprint density at radius 3 is 2.56 bits per heavy atom. The predicted molar refractivity (Wildman–Crippen MR) is 97.2 cm³/mol. The minimum Gasteiger partial charge on any atom is -0.291 e. The number of hydrogen-bond acceptors (Lipinski definition) is 3. The summed E-state index contributed by atoms with van der Waals surface area (Å²) < 4.78 is 39.6. The van der Waals surface area contributed by atoms with E-state index in [1.807, 2.05) is 42.3 Å². The Bertz CT molecular complexity index is 877. The van der Waals surface area contributed by atoms with Gasteiger partial charge in [0, 0.05) is 6.54 Å². The fourth-order valence-corrected chi connectivity index (χ4v) is 3.26. The van der Waals surface area contributed by atoms with Crippen molar-refractivity contribution >= 4 is 21.6 Å². The fraction of sp³-hybridized carbons (Fsp3) is 0.222. The lowest BCUT2D eigenvalue weighted by Crippen LogP contribution is -2.24. The average Bonchev–Trinajstić information content (AvgIpc) is 2.57. The third-order valence-electron chi connectivity index (χ3n) is 3.32. The molecule has 0 aromatic heterocycles. The number of sulfonamides is 1.